The molecule has 6 heteroatoms. The fraction of sp³-hybridized carbons (Fsp3) is 0.500. The number of anilines is 1. The molecule has 1 heterocycles. The molecule has 1 aliphatic rings. The summed E-state index contributed by atoms with van der Waals surface area (Å²) in [5, 5.41) is 11.6. The van der Waals surface area contributed by atoms with Gasteiger partial charge in [0.15, 0.2) is 0 Å². The third kappa shape index (κ3) is 3.65. The Labute approximate surface area is 123 Å². The van der Waals surface area contributed by atoms with Crippen molar-refractivity contribution in [2.24, 2.45) is 0 Å². The lowest BCUT2D eigenvalue weighted by Gasteiger charge is -2.33. The van der Waals surface area contributed by atoms with Crippen LogP contribution in [0.3, 0.4) is 0 Å². The standard InChI is InChI=1S/C14H21N3O2S/c1-3-20-12-6-4-5-11(13(12)14(18)19)15-17-9-7-16(2)8-10-17/h4-6,15H,3,7-10H2,1-2H3,(H,18,19). The van der Waals surface area contributed by atoms with E-state index in [0.29, 0.717) is 11.3 Å². The topological polar surface area (TPSA) is 55.8 Å². The Kier molecular flexibility index (Phi) is 5.28. The zero-order chi connectivity index (χ0) is 14.5. The van der Waals surface area contributed by atoms with E-state index in [-0.39, 0.29) is 0 Å². The molecule has 1 saturated heterocycles. The van der Waals surface area contributed by atoms with E-state index in [1.807, 2.05) is 25.1 Å². The predicted octanol–water partition coefficient (Wildman–Crippen LogP) is 2.07. The van der Waals surface area contributed by atoms with Crippen LogP contribution in [0.4, 0.5) is 5.69 Å². The maximum atomic E-state index is 11.5. The minimum Gasteiger partial charge on any atom is -0.478 e. The molecule has 0 unspecified atom stereocenters. The highest BCUT2D eigenvalue weighted by atomic mass is 32.2. The first-order chi connectivity index (χ1) is 9.61. The van der Waals surface area contributed by atoms with Gasteiger partial charge >= 0.3 is 5.97 Å². The molecule has 2 rings (SSSR count). The van der Waals surface area contributed by atoms with Gasteiger partial charge < -0.3 is 15.4 Å². The molecule has 110 valence electrons. The SMILES string of the molecule is CCSc1cccc(NN2CCN(C)CC2)c1C(=O)O. The number of benzene rings is 1. The molecule has 1 aliphatic heterocycles. The average molecular weight is 295 g/mol. The number of hydrogen-bond donors (Lipinski definition) is 2. The molecule has 1 aromatic carbocycles. The monoisotopic (exact) mass is 295 g/mol. The van der Waals surface area contributed by atoms with Crippen molar-refractivity contribution in [1.29, 1.82) is 0 Å². The van der Waals surface area contributed by atoms with E-state index in [0.717, 1.165) is 36.8 Å². The minimum atomic E-state index is -0.877. The van der Waals surface area contributed by atoms with E-state index in [1.54, 1.807) is 11.8 Å². The number of thioether (sulfide) groups is 1. The average Bonchev–Trinajstić information content (AvgIpc) is 2.41. The number of hydrazine groups is 1. The van der Waals surface area contributed by atoms with Crippen molar-refractivity contribution in [3.63, 3.8) is 0 Å². The molecular formula is C14H21N3O2S. The Bertz CT molecular complexity index is 473. The van der Waals surface area contributed by atoms with Crippen molar-refractivity contribution in [3.05, 3.63) is 23.8 Å². The Morgan fingerprint density at radius 3 is 2.65 bits per heavy atom. The zero-order valence-corrected chi connectivity index (χ0v) is 12.7. The van der Waals surface area contributed by atoms with Crippen LogP contribution in [0, 0.1) is 0 Å². The largest absolute Gasteiger partial charge is 0.478 e. The summed E-state index contributed by atoms with van der Waals surface area (Å²) >= 11 is 1.56. The lowest BCUT2D eigenvalue weighted by molar-refractivity contribution is 0.0693. The Morgan fingerprint density at radius 1 is 1.35 bits per heavy atom. The number of piperazine rings is 1. The maximum absolute atomic E-state index is 11.5. The van der Waals surface area contributed by atoms with Crippen LogP contribution in [0.5, 0.6) is 0 Å². The van der Waals surface area contributed by atoms with E-state index >= 15 is 0 Å². The number of aromatic carboxylic acids is 1. The molecule has 1 fully saturated rings. The van der Waals surface area contributed by atoms with Gasteiger partial charge in [-0.1, -0.05) is 13.0 Å². The highest BCUT2D eigenvalue weighted by Crippen LogP contribution is 2.29. The minimum absolute atomic E-state index is 0.373. The molecule has 0 aromatic heterocycles. The summed E-state index contributed by atoms with van der Waals surface area (Å²) in [6, 6.07) is 5.61. The van der Waals surface area contributed by atoms with E-state index in [4.69, 9.17) is 0 Å². The van der Waals surface area contributed by atoms with Crippen molar-refractivity contribution in [3.8, 4) is 0 Å². The molecule has 5 nitrogen and oxygen atoms in total. The lowest BCUT2D eigenvalue weighted by atomic mass is 10.2. The second kappa shape index (κ2) is 6.97. The van der Waals surface area contributed by atoms with Gasteiger partial charge in [-0.15, -0.1) is 11.8 Å². The van der Waals surface area contributed by atoms with Crippen LogP contribution in [-0.4, -0.2) is 60.0 Å². The predicted molar refractivity (Wildman–Crippen MR) is 82.5 cm³/mol. The van der Waals surface area contributed by atoms with Gasteiger partial charge in [-0.2, -0.15) is 0 Å². The third-order valence-electron chi connectivity index (χ3n) is 3.32. The van der Waals surface area contributed by atoms with Gasteiger partial charge in [-0.05, 0) is 24.9 Å². The number of nitrogens with one attached hydrogen (secondary N) is 1. The first-order valence-electron chi connectivity index (χ1n) is 6.81. The molecule has 0 atom stereocenters. The van der Waals surface area contributed by atoms with Crippen LogP contribution < -0.4 is 5.43 Å². The van der Waals surface area contributed by atoms with E-state index in [9.17, 15) is 9.90 Å². The summed E-state index contributed by atoms with van der Waals surface area (Å²) in [4.78, 5) is 14.6. The quantitative estimate of drug-likeness (QED) is 0.811. The summed E-state index contributed by atoms with van der Waals surface area (Å²) < 4.78 is 0. The molecule has 0 aliphatic carbocycles. The molecule has 20 heavy (non-hydrogen) atoms. The number of carbonyl (C=O) groups is 1. The van der Waals surface area contributed by atoms with E-state index < -0.39 is 5.97 Å². The van der Waals surface area contributed by atoms with Crippen LogP contribution in [-0.2, 0) is 0 Å². The molecule has 0 radical (unpaired) electrons. The van der Waals surface area contributed by atoms with Crippen LogP contribution >= 0.6 is 11.8 Å². The Morgan fingerprint density at radius 2 is 2.05 bits per heavy atom. The molecule has 2 N–H and O–H groups in total. The highest BCUT2D eigenvalue weighted by molar-refractivity contribution is 7.99. The zero-order valence-electron chi connectivity index (χ0n) is 11.9. The smallest absolute Gasteiger partial charge is 0.339 e. The molecule has 0 amide bonds. The molecule has 0 spiro atoms. The number of nitrogens with zero attached hydrogens (tertiary/aromatic N) is 2. The fourth-order valence-corrected chi connectivity index (χ4v) is 3.04. The Hall–Kier alpha value is -1.24. The maximum Gasteiger partial charge on any atom is 0.339 e. The van der Waals surface area contributed by atoms with Crippen LogP contribution in [0.1, 0.15) is 17.3 Å². The van der Waals surface area contributed by atoms with E-state index in [1.165, 1.54) is 0 Å². The van der Waals surface area contributed by atoms with Crippen molar-refractivity contribution in [2.45, 2.75) is 11.8 Å². The third-order valence-corrected chi connectivity index (χ3v) is 4.26. The molecule has 0 saturated carbocycles. The summed E-state index contributed by atoms with van der Waals surface area (Å²) in [6.45, 7) is 5.77. The van der Waals surface area contributed by atoms with Gasteiger partial charge in [0.05, 0.1) is 11.3 Å². The van der Waals surface area contributed by atoms with Gasteiger partial charge in [0.25, 0.3) is 0 Å². The van der Waals surface area contributed by atoms with Crippen molar-refractivity contribution in [2.75, 3.05) is 44.4 Å². The summed E-state index contributed by atoms with van der Waals surface area (Å²) in [5.74, 6) is -0.0173. The normalized spacial score (nSPS) is 17.1. The van der Waals surface area contributed by atoms with Crippen molar-refractivity contribution < 1.29 is 9.90 Å². The molecular weight excluding hydrogens is 274 g/mol. The Balaban J connectivity index is 2.18. The summed E-state index contributed by atoms with van der Waals surface area (Å²) in [5.41, 5.74) is 4.32. The fourth-order valence-electron chi connectivity index (χ4n) is 2.21. The first-order valence-corrected chi connectivity index (χ1v) is 7.79. The van der Waals surface area contributed by atoms with Crippen LogP contribution in [0.2, 0.25) is 0 Å². The van der Waals surface area contributed by atoms with Gasteiger partial charge in [-0.25, -0.2) is 9.80 Å². The second-order valence-corrected chi connectivity index (χ2v) is 6.12. The van der Waals surface area contributed by atoms with Gasteiger partial charge in [0, 0.05) is 31.1 Å². The van der Waals surface area contributed by atoms with Crippen LogP contribution in [0.25, 0.3) is 0 Å². The number of carboxylic acids is 1. The van der Waals surface area contributed by atoms with Crippen molar-refractivity contribution in [1.82, 2.24) is 9.91 Å². The molecule has 0 bridgehead atoms. The first kappa shape index (κ1) is 15.2. The van der Waals surface area contributed by atoms with Crippen molar-refractivity contribution >= 4 is 23.4 Å². The highest BCUT2D eigenvalue weighted by Gasteiger charge is 2.19. The number of rotatable bonds is 5. The van der Waals surface area contributed by atoms with E-state index in [2.05, 4.69) is 22.4 Å². The van der Waals surface area contributed by atoms with Gasteiger partial charge in [0.2, 0.25) is 0 Å². The van der Waals surface area contributed by atoms with Crippen LogP contribution in [0.15, 0.2) is 23.1 Å². The van der Waals surface area contributed by atoms with Gasteiger partial charge in [0.1, 0.15) is 0 Å². The summed E-state index contributed by atoms with van der Waals surface area (Å²) in [6.07, 6.45) is 0. The van der Waals surface area contributed by atoms with Gasteiger partial charge in [-0.3, -0.25) is 0 Å². The number of hydrogen-bond acceptors (Lipinski definition) is 5. The lowest BCUT2D eigenvalue weighted by Crippen LogP contribution is -2.47. The number of likely N-dealkylation sites (N-methyl/N-ethyl adjacent to an activating group) is 1. The molecule has 1 aromatic rings. The second-order valence-electron chi connectivity index (χ2n) is 4.82. The number of carboxylic acid groups (broad SMARTS) is 1. The summed E-state index contributed by atoms with van der Waals surface area (Å²) in [7, 11) is 2.10.